The van der Waals surface area contributed by atoms with Crippen molar-refractivity contribution in [3.63, 3.8) is 0 Å². The summed E-state index contributed by atoms with van der Waals surface area (Å²) >= 11 is 0. The first-order valence-corrected chi connectivity index (χ1v) is 13.4. The largest absolute Gasteiger partial charge is 0.481 e. The molecule has 1 N–H and O–H groups in total. The van der Waals surface area contributed by atoms with Crippen molar-refractivity contribution in [2.45, 2.75) is 63.1 Å². The molecule has 0 radical (unpaired) electrons. The molecule has 0 saturated heterocycles. The van der Waals surface area contributed by atoms with Crippen LogP contribution in [-0.4, -0.2) is 50.1 Å². The van der Waals surface area contributed by atoms with Gasteiger partial charge in [-0.2, -0.15) is 10.2 Å². The van der Waals surface area contributed by atoms with Crippen LogP contribution in [0.5, 0.6) is 0 Å². The van der Waals surface area contributed by atoms with Crippen LogP contribution in [0.4, 0.5) is 5.69 Å². The van der Waals surface area contributed by atoms with Crippen molar-refractivity contribution in [1.82, 2.24) is 15.1 Å². The number of aromatic nitrogens is 2. The monoisotopic (exact) mass is 510 g/mol. The Bertz CT molecular complexity index is 1360. The number of nitrogens with zero attached hydrogens (tertiary/aromatic N) is 4. The molecular formula is C30H30N4O4. The number of para-hydroxylation sites is 1. The van der Waals surface area contributed by atoms with E-state index in [2.05, 4.69) is 10.2 Å². The van der Waals surface area contributed by atoms with E-state index < -0.39 is 5.97 Å². The quantitative estimate of drug-likeness (QED) is 0.486. The van der Waals surface area contributed by atoms with Gasteiger partial charge in [-0.1, -0.05) is 36.8 Å². The molecule has 8 heteroatoms. The minimum Gasteiger partial charge on any atom is -0.481 e. The molecule has 194 valence electrons. The van der Waals surface area contributed by atoms with Crippen molar-refractivity contribution < 1.29 is 19.5 Å². The maximum absolute atomic E-state index is 14.0. The number of aliphatic carboxylic acids is 1. The molecule has 3 aromatic rings. The van der Waals surface area contributed by atoms with Crippen molar-refractivity contribution in [3.8, 4) is 11.1 Å². The summed E-state index contributed by atoms with van der Waals surface area (Å²) in [5.74, 6) is -0.978. The Morgan fingerprint density at radius 1 is 0.895 bits per heavy atom. The highest BCUT2D eigenvalue weighted by Gasteiger charge is 2.51. The Kier molecular flexibility index (Phi) is 6.39. The Morgan fingerprint density at radius 2 is 1.68 bits per heavy atom. The predicted octanol–water partition coefficient (Wildman–Crippen LogP) is 4.87. The van der Waals surface area contributed by atoms with E-state index in [-0.39, 0.29) is 48.7 Å². The Hall–Kier alpha value is -4.07. The third-order valence-electron chi connectivity index (χ3n) is 8.13. The van der Waals surface area contributed by atoms with Gasteiger partial charge in [0.15, 0.2) is 0 Å². The van der Waals surface area contributed by atoms with Crippen LogP contribution in [0.1, 0.15) is 66.9 Å². The zero-order valence-corrected chi connectivity index (χ0v) is 21.1. The van der Waals surface area contributed by atoms with Crippen LogP contribution >= 0.6 is 0 Å². The average molecular weight is 511 g/mol. The van der Waals surface area contributed by atoms with Gasteiger partial charge in [0.1, 0.15) is 0 Å². The second kappa shape index (κ2) is 10.0. The molecule has 2 saturated carbocycles. The Morgan fingerprint density at radius 3 is 2.39 bits per heavy atom. The van der Waals surface area contributed by atoms with E-state index in [0.29, 0.717) is 5.56 Å². The summed E-state index contributed by atoms with van der Waals surface area (Å²) in [7, 11) is 0. The molecule has 38 heavy (non-hydrogen) atoms. The standard InChI is InChI=1S/C30H30N4O4/c35-27(14-15-28(36)37)33(22-12-13-22)29-23-4-1-2-6-25(23)34(26-7-3-5-24(26)29)30(38)20-10-8-19(9-11-20)21-16-17-31-32-18-21/h1-2,4,6,8-11,16-18,22,24,26,29H,3,5,7,12-15H2,(H,36,37)/t24-,26+,29-/m0/s1. The number of fused-ring (bicyclic) bond motifs is 2. The SMILES string of the molecule is O=C(O)CCC(=O)N(C1CC1)[C@H]1c2ccccc2N(C(=O)c2ccc(-c3ccnnc3)cc2)[C@@H]2CCC[C@@H]21. The van der Waals surface area contributed by atoms with E-state index in [1.54, 1.807) is 12.4 Å². The van der Waals surface area contributed by atoms with Crippen LogP contribution in [0.15, 0.2) is 67.0 Å². The lowest BCUT2D eigenvalue weighted by molar-refractivity contribution is -0.142. The van der Waals surface area contributed by atoms with E-state index in [1.807, 2.05) is 64.4 Å². The first-order chi connectivity index (χ1) is 18.5. The highest BCUT2D eigenvalue weighted by molar-refractivity contribution is 6.07. The van der Waals surface area contributed by atoms with Gasteiger partial charge >= 0.3 is 5.97 Å². The fraction of sp³-hybridized carbons (Fsp3) is 0.367. The average Bonchev–Trinajstić information content (AvgIpc) is 3.67. The van der Waals surface area contributed by atoms with Gasteiger partial charge in [-0.05, 0) is 61.1 Å². The molecule has 6 rings (SSSR count). The molecule has 8 nitrogen and oxygen atoms in total. The van der Waals surface area contributed by atoms with E-state index in [1.165, 1.54) is 0 Å². The lowest BCUT2D eigenvalue weighted by atomic mass is 9.81. The van der Waals surface area contributed by atoms with E-state index in [0.717, 1.165) is 54.5 Å². The third-order valence-corrected chi connectivity index (χ3v) is 8.13. The summed E-state index contributed by atoms with van der Waals surface area (Å²) < 4.78 is 0. The van der Waals surface area contributed by atoms with Gasteiger partial charge in [-0.25, -0.2) is 0 Å². The minimum atomic E-state index is -0.958. The van der Waals surface area contributed by atoms with Gasteiger partial charge in [0, 0.05) is 41.2 Å². The van der Waals surface area contributed by atoms with Gasteiger partial charge in [0.2, 0.25) is 5.91 Å². The molecule has 2 heterocycles. The van der Waals surface area contributed by atoms with Crippen LogP contribution in [-0.2, 0) is 9.59 Å². The summed E-state index contributed by atoms with van der Waals surface area (Å²) in [5, 5.41) is 17.0. The molecule has 3 aliphatic rings. The number of carbonyl (C=O) groups excluding carboxylic acids is 2. The topological polar surface area (TPSA) is 104 Å². The molecule has 0 bridgehead atoms. The van der Waals surface area contributed by atoms with Gasteiger partial charge < -0.3 is 14.9 Å². The van der Waals surface area contributed by atoms with Crippen LogP contribution in [0.2, 0.25) is 0 Å². The van der Waals surface area contributed by atoms with Crippen molar-refractivity contribution in [2.75, 3.05) is 4.90 Å². The Labute approximate surface area is 221 Å². The Balaban J connectivity index is 1.35. The summed E-state index contributed by atoms with van der Waals surface area (Å²) in [6.07, 6.45) is 7.86. The number of amides is 2. The number of hydrogen-bond acceptors (Lipinski definition) is 5. The van der Waals surface area contributed by atoms with Crippen LogP contribution < -0.4 is 4.90 Å². The fourth-order valence-corrected chi connectivity index (χ4v) is 6.33. The first-order valence-electron chi connectivity index (χ1n) is 13.4. The van der Waals surface area contributed by atoms with Gasteiger partial charge in [0.25, 0.3) is 5.91 Å². The zero-order valence-electron chi connectivity index (χ0n) is 21.1. The second-order valence-electron chi connectivity index (χ2n) is 10.5. The van der Waals surface area contributed by atoms with Crippen LogP contribution in [0.25, 0.3) is 11.1 Å². The lowest BCUT2D eigenvalue weighted by Gasteiger charge is -2.48. The highest BCUT2D eigenvalue weighted by atomic mass is 16.4. The molecule has 1 aliphatic heterocycles. The fourth-order valence-electron chi connectivity index (χ4n) is 6.33. The number of carbonyl (C=O) groups is 3. The van der Waals surface area contributed by atoms with Crippen LogP contribution in [0.3, 0.4) is 0 Å². The van der Waals surface area contributed by atoms with E-state index in [4.69, 9.17) is 0 Å². The molecule has 0 unspecified atom stereocenters. The minimum absolute atomic E-state index is 0.00385. The lowest BCUT2D eigenvalue weighted by Crippen LogP contribution is -2.52. The number of carboxylic acids is 1. The second-order valence-corrected chi connectivity index (χ2v) is 10.5. The maximum atomic E-state index is 14.0. The van der Waals surface area contributed by atoms with Crippen molar-refractivity contribution >= 4 is 23.5 Å². The number of anilines is 1. The van der Waals surface area contributed by atoms with Crippen molar-refractivity contribution in [1.29, 1.82) is 0 Å². The van der Waals surface area contributed by atoms with Gasteiger partial charge in [0.05, 0.1) is 24.9 Å². The predicted molar refractivity (Wildman–Crippen MR) is 141 cm³/mol. The number of hydrogen-bond donors (Lipinski definition) is 1. The molecule has 0 spiro atoms. The molecule has 1 aromatic heterocycles. The summed E-state index contributed by atoms with van der Waals surface area (Å²) in [6.45, 7) is 0. The number of benzene rings is 2. The summed E-state index contributed by atoms with van der Waals surface area (Å²) in [6, 6.07) is 17.4. The van der Waals surface area contributed by atoms with Crippen molar-refractivity contribution in [3.05, 3.63) is 78.1 Å². The number of rotatable bonds is 7. The summed E-state index contributed by atoms with van der Waals surface area (Å²) in [4.78, 5) is 42.6. The molecule has 2 aromatic carbocycles. The molecule has 2 fully saturated rings. The molecular weight excluding hydrogens is 480 g/mol. The van der Waals surface area contributed by atoms with Gasteiger partial charge in [-0.15, -0.1) is 0 Å². The van der Waals surface area contributed by atoms with Crippen LogP contribution in [0, 0.1) is 5.92 Å². The third kappa shape index (κ3) is 4.44. The highest BCUT2D eigenvalue weighted by Crippen LogP contribution is 2.53. The maximum Gasteiger partial charge on any atom is 0.303 e. The van der Waals surface area contributed by atoms with Gasteiger partial charge in [-0.3, -0.25) is 14.4 Å². The molecule has 2 amide bonds. The van der Waals surface area contributed by atoms with E-state index >= 15 is 0 Å². The van der Waals surface area contributed by atoms with Crippen molar-refractivity contribution in [2.24, 2.45) is 5.92 Å². The first kappa shape index (κ1) is 24.3. The summed E-state index contributed by atoms with van der Waals surface area (Å²) in [5.41, 5.74) is 4.36. The smallest absolute Gasteiger partial charge is 0.303 e. The van der Waals surface area contributed by atoms with E-state index in [9.17, 15) is 19.5 Å². The zero-order chi connectivity index (χ0) is 26.2. The number of carboxylic acid groups (broad SMARTS) is 1. The molecule has 2 aliphatic carbocycles. The normalized spacial score (nSPS) is 21.9. The molecule has 3 atom stereocenters.